The Morgan fingerprint density at radius 3 is 3.12 bits per heavy atom. The summed E-state index contributed by atoms with van der Waals surface area (Å²) in [6.07, 6.45) is 0.971. The van der Waals surface area contributed by atoms with Gasteiger partial charge in [-0.05, 0) is 31.2 Å². The van der Waals surface area contributed by atoms with E-state index >= 15 is 0 Å². The van der Waals surface area contributed by atoms with Crippen LogP contribution in [0.15, 0.2) is 24.3 Å². The van der Waals surface area contributed by atoms with Gasteiger partial charge in [-0.15, -0.1) is 0 Å². The molecular weight excluding hydrogens is 228 g/mol. The highest BCUT2D eigenvalue weighted by atomic mass is 35.5. The molecule has 1 aromatic carbocycles. The van der Waals surface area contributed by atoms with Crippen LogP contribution in [0.4, 0.5) is 0 Å². The first kappa shape index (κ1) is 11.4. The third kappa shape index (κ3) is 2.95. The fourth-order valence-electron chi connectivity index (χ4n) is 1.55. The van der Waals surface area contributed by atoms with E-state index in [1.165, 1.54) is 0 Å². The molecule has 1 fully saturated rings. The van der Waals surface area contributed by atoms with Crippen LogP contribution in [0.5, 0.6) is 0 Å². The summed E-state index contributed by atoms with van der Waals surface area (Å²) in [6, 6.07) is 6.75. The van der Waals surface area contributed by atoms with Gasteiger partial charge in [0.2, 0.25) is 0 Å². The summed E-state index contributed by atoms with van der Waals surface area (Å²) in [7, 11) is 0. The van der Waals surface area contributed by atoms with E-state index in [1.807, 2.05) is 0 Å². The molecule has 0 spiro atoms. The lowest BCUT2D eigenvalue weighted by Gasteiger charge is -2.10. The molecule has 1 aromatic rings. The molecule has 5 heteroatoms. The molecule has 0 bridgehead atoms. The first-order chi connectivity index (χ1) is 7.75. The minimum absolute atomic E-state index is 0.0585. The number of carbonyl (C=O) groups is 1. The summed E-state index contributed by atoms with van der Waals surface area (Å²) >= 11 is 5.79. The van der Waals surface area contributed by atoms with Crippen molar-refractivity contribution in [3.8, 4) is 0 Å². The van der Waals surface area contributed by atoms with Crippen LogP contribution in [0.25, 0.3) is 0 Å². The third-order valence-electron chi connectivity index (χ3n) is 2.42. The van der Waals surface area contributed by atoms with E-state index in [2.05, 4.69) is 10.8 Å². The Morgan fingerprint density at radius 1 is 1.56 bits per heavy atom. The number of rotatable bonds is 3. The summed E-state index contributed by atoms with van der Waals surface area (Å²) in [5, 5.41) is 3.68. The molecule has 16 heavy (non-hydrogen) atoms. The first-order valence-electron chi connectivity index (χ1n) is 5.18. The molecule has 2 N–H and O–H groups in total. The normalized spacial score (nSPS) is 19.7. The maximum atomic E-state index is 11.6. The number of benzene rings is 1. The minimum Gasteiger partial charge on any atom is -0.314 e. The summed E-state index contributed by atoms with van der Waals surface area (Å²) in [5.74, 6) is -0.269. The fraction of sp³-hybridized carbons (Fsp3) is 0.364. The van der Waals surface area contributed by atoms with Crippen molar-refractivity contribution >= 4 is 17.5 Å². The van der Waals surface area contributed by atoms with Gasteiger partial charge in [0.05, 0.1) is 6.10 Å². The van der Waals surface area contributed by atoms with Gasteiger partial charge in [-0.25, -0.2) is 5.48 Å². The topological polar surface area (TPSA) is 50.4 Å². The Labute approximate surface area is 98.9 Å². The molecule has 0 aliphatic carbocycles. The van der Waals surface area contributed by atoms with Gasteiger partial charge in [-0.1, -0.05) is 17.7 Å². The van der Waals surface area contributed by atoms with E-state index in [0.717, 1.165) is 19.5 Å². The Kier molecular flexibility index (Phi) is 3.77. The van der Waals surface area contributed by atoms with Crippen LogP contribution in [-0.4, -0.2) is 25.1 Å². The van der Waals surface area contributed by atoms with Gasteiger partial charge in [0, 0.05) is 17.1 Å². The quantitative estimate of drug-likeness (QED) is 0.785. The lowest BCUT2D eigenvalue weighted by atomic mass is 10.2. The van der Waals surface area contributed by atoms with Crippen LogP contribution in [0, 0.1) is 0 Å². The number of hydroxylamine groups is 1. The molecule has 4 nitrogen and oxygen atoms in total. The molecule has 2 rings (SSSR count). The monoisotopic (exact) mass is 240 g/mol. The van der Waals surface area contributed by atoms with Crippen molar-refractivity contribution in [2.75, 3.05) is 13.1 Å². The first-order valence-corrected chi connectivity index (χ1v) is 5.56. The van der Waals surface area contributed by atoms with E-state index in [1.54, 1.807) is 24.3 Å². The Morgan fingerprint density at radius 2 is 2.44 bits per heavy atom. The molecule has 1 amide bonds. The summed E-state index contributed by atoms with van der Waals surface area (Å²) in [4.78, 5) is 16.9. The summed E-state index contributed by atoms with van der Waals surface area (Å²) < 4.78 is 0. The van der Waals surface area contributed by atoms with Crippen molar-refractivity contribution in [3.63, 3.8) is 0 Å². The van der Waals surface area contributed by atoms with Crippen LogP contribution in [0.2, 0.25) is 5.02 Å². The van der Waals surface area contributed by atoms with Gasteiger partial charge in [0.15, 0.2) is 0 Å². The number of hydrogen-bond donors (Lipinski definition) is 2. The van der Waals surface area contributed by atoms with E-state index in [-0.39, 0.29) is 12.0 Å². The molecule has 1 unspecified atom stereocenters. The van der Waals surface area contributed by atoms with Crippen molar-refractivity contribution in [2.24, 2.45) is 0 Å². The van der Waals surface area contributed by atoms with Crippen LogP contribution in [-0.2, 0) is 4.84 Å². The van der Waals surface area contributed by atoms with Crippen molar-refractivity contribution < 1.29 is 9.63 Å². The molecule has 0 aromatic heterocycles. The zero-order valence-electron chi connectivity index (χ0n) is 8.70. The van der Waals surface area contributed by atoms with E-state index in [9.17, 15) is 4.79 Å². The standard InChI is InChI=1S/C11H13ClN2O2/c12-9-3-1-2-8(6-9)11(15)14-16-10-4-5-13-7-10/h1-3,6,10,13H,4-5,7H2,(H,14,15). The SMILES string of the molecule is O=C(NOC1CCNC1)c1cccc(Cl)c1. The molecule has 1 saturated heterocycles. The molecule has 0 radical (unpaired) electrons. The number of nitrogens with one attached hydrogen (secondary N) is 2. The second-order valence-electron chi connectivity index (χ2n) is 3.67. The van der Waals surface area contributed by atoms with Crippen molar-refractivity contribution in [2.45, 2.75) is 12.5 Å². The number of halogens is 1. The second kappa shape index (κ2) is 5.30. The zero-order chi connectivity index (χ0) is 11.4. The Bertz CT molecular complexity index is 378. The lowest BCUT2D eigenvalue weighted by molar-refractivity contribution is -0.00680. The Balaban J connectivity index is 1.87. The van der Waals surface area contributed by atoms with E-state index in [0.29, 0.717) is 10.6 Å². The average Bonchev–Trinajstić information content (AvgIpc) is 2.78. The van der Waals surface area contributed by atoms with E-state index in [4.69, 9.17) is 16.4 Å². The maximum Gasteiger partial charge on any atom is 0.274 e. The fourth-order valence-corrected chi connectivity index (χ4v) is 1.74. The number of amides is 1. The largest absolute Gasteiger partial charge is 0.314 e. The number of hydrogen-bond acceptors (Lipinski definition) is 3. The van der Waals surface area contributed by atoms with Gasteiger partial charge >= 0.3 is 0 Å². The molecule has 1 heterocycles. The highest BCUT2D eigenvalue weighted by Gasteiger charge is 2.16. The van der Waals surface area contributed by atoms with Crippen molar-refractivity contribution in [3.05, 3.63) is 34.9 Å². The predicted molar refractivity (Wildman–Crippen MR) is 61.3 cm³/mol. The van der Waals surface area contributed by atoms with Gasteiger partial charge in [-0.2, -0.15) is 0 Å². The van der Waals surface area contributed by atoms with Crippen molar-refractivity contribution in [1.29, 1.82) is 0 Å². The minimum atomic E-state index is -0.269. The van der Waals surface area contributed by atoms with Crippen LogP contribution < -0.4 is 10.8 Å². The van der Waals surface area contributed by atoms with Gasteiger partial charge in [0.1, 0.15) is 0 Å². The molecule has 1 atom stereocenters. The number of carbonyl (C=O) groups excluding carboxylic acids is 1. The van der Waals surface area contributed by atoms with Gasteiger partial charge in [0.25, 0.3) is 5.91 Å². The highest BCUT2D eigenvalue weighted by Crippen LogP contribution is 2.10. The molecule has 0 saturated carbocycles. The van der Waals surface area contributed by atoms with Gasteiger partial charge < -0.3 is 5.32 Å². The second-order valence-corrected chi connectivity index (χ2v) is 4.11. The smallest absolute Gasteiger partial charge is 0.274 e. The van der Waals surface area contributed by atoms with Crippen LogP contribution in [0.1, 0.15) is 16.8 Å². The lowest BCUT2D eigenvalue weighted by Crippen LogP contribution is -2.30. The van der Waals surface area contributed by atoms with Crippen molar-refractivity contribution in [1.82, 2.24) is 10.8 Å². The predicted octanol–water partition coefficient (Wildman–Crippen LogP) is 1.36. The summed E-state index contributed by atoms with van der Waals surface area (Å²) in [6.45, 7) is 1.70. The average molecular weight is 241 g/mol. The van der Waals surface area contributed by atoms with E-state index < -0.39 is 0 Å². The molecular formula is C11H13ClN2O2. The van der Waals surface area contributed by atoms with Crippen LogP contribution >= 0.6 is 11.6 Å². The maximum absolute atomic E-state index is 11.6. The zero-order valence-corrected chi connectivity index (χ0v) is 9.46. The Hall–Kier alpha value is -1.10. The van der Waals surface area contributed by atoms with Crippen LogP contribution in [0.3, 0.4) is 0 Å². The van der Waals surface area contributed by atoms with Gasteiger partial charge in [-0.3, -0.25) is 9.63 Å². The summed E-state index contributed by atoms with van der Waals surface area (Å²) in [5.41, 5.74) is 2.93. The molecule has 1 aliphatic heterocycles. The third-order valence-corrected chi connectivity index (χ3v) is 2.66. The highest BCUT2D eigenvalue weighted by molar-refractivity contribution is 6.30. The molecule has 86 valence electrons. The molecule has 1 aliphatic rings.